The van der Waals surface area contributed by atoms with Gasteiger partial charge in [-0.3, -0.25) is 9.78 Å². The summed E-state index contributed by atoms with van der Waals surface area (Å²) in [4.78, 5) is 27.5. The first-order valence-electron chi connectivity index (χ1n) is 6.74. The van der Waals surface area contributed by atoms with Gasteiger partial charge in [0.1, 0.15) is 0 Å². The molecule has 0 saturated heterocycles. The van der Waals surface area contributed by atoms with Crippen molar-refractivity contribution in [3.05, 3.63) is 71.0 Å². The second-order valence-corrected chi connectivity index (χ2v) is 5.23. The molecule has 3 rings (SSSR count). The van der Waals surface area contributed by atoms with Gasteiger partial charge in [0.25, 0.3) is 5.91 Å². The fourth-order valence-corrected chi connectivity index (χ4v) is 2.55. The minimum atomic E-state index is -1.18. The van der Waals surface area contributed by atoms with Crippen molar-refractivity contribution in [3.63, 3.8) is 0 Å². The first kappa shape index (κ1) is 15.0. The fraction of sp³-hybridized carbons (Fsp3) is 0. The van der Waals surface area contributed by atoms with Crippen molar-refractivity contribution in [2.45, 2.75) is 0 Å². The lowest BCUT2D eigenvalue weighted by molar-refractivity contribution is 0.0692. The molecule has 3 aromatic rings. The van der Waals surface area contributed by atoms with E-state index in [-0.39, 0.29) is 11.1 Å². The highest BCUT2D eigenvalue weighted by Gasteiger charge is 2.17. The number of hydrogen-bond donors (Lipinski definition) is 2. The van der Waals surface area contributed by atoms with Crippen molar-refractivity contribution in [2.24, 2.45) is 0 Å². The molecule has 1 heterocycles. The average Bonchev–Trinajstić information content (AvgIpc) is 2.57. The Labute approximate surface area is 136 Å². The van der Waals surface area contributed by atoms with Crippen LogP contribution in [0.4, 0.5) is 5.69 Å². The Bertz CT molecular complexity index is 925. The number of carboxylic acid groups (broad SMARTS) is 1. The van der Waals surface area contributed by atoms with Crippen LogP contribution in [0.25, 0.3) is 10.8 Å². The van der Waals surface area contributed by atoms with Crippen LogP contribution in [-0.4, -0.2) is 22.0 Å². The molecule has 0 bridgehead atoms. The maximum Gasteiger partial charge on any atom is 0.336 e. The predicted octanol–water partition coefficient (Wildman–Crippen LogP) is 3.84. The quantitative estimate of drug-likeness (QED) is 0.766. The summed E-state index contributed by atoms with van der Waals surface area (Å²) in [6.45, 7) is 0. The molecule has 0 saturated carbocycles. The lowest BCUT2D eigenvalue weighted by atomic mass is 10.1. The van der Waals surface area contributed by atoms with Crippen molar-refractivity contribution in [2.75, 3.05) is 5.32 Å². The number of nitrogens with one attached hydrogen (secondary N) is 1. The molecule has 5 nitrogen and oxygen atoms in total. The molecule has 0 radical (unpaired) electrons. The van der Waals surface area contributed by atoms with E-state index < -0.39 is 11.9 Å². The van der Waals surface area contributed by atoms with Crippen molar-refractivity contribution in [3.8, 4) is 0 Å². The average molecular weight is 327 g/mol. The lowest BCUT2D eigenvalue weighted by Gasteiger charge is -2.11. The Balaban J connectivity index is 2.02. The Morgan fingerprint density at radius 3 is 2.48 bits per heavy atom. The van der Waals surface area contributed by atoms with Crippen molar-refractivity contribution >= 4 is 39.9 Å². The Kier molecular flexibility index (Phi) is 3.95. The largest absolute Gasteiger partial charge is 0.478 e. The molecule has 0 spiro atoms. The number of benzene rings is 2. The molecule has 1 aromatic heterocycles. The number of carbonyl (C=O) groups excluding carboxylic acids is 1. The SMILES string of the molecule is O=C(O)c1ccncc1C(=O)Nc1ccc(Cl)c2ccccc12. The number of nitrogens with zero attached hydrogens (tertiary/aromatic N) is 1. The molecule has 0 fully saturated rings. The highest BCUT2D eigenvalue weighted by atomic mass is 35.5. The van der Waals surface area contributed by atoms with Gasteiger partial charge in [-0.1, -0.05) is 35.9 Å². The number of halogens is 1. The Morgan fingerprint density at radius 1 is 1.00 bits per heavy atom. The second-order valence-electron chi connectivity index (χ2n) is 4.82. The van der Waals surface area contributed by atoms with Crippen LogP contribution >= 0.6 is 11.6 Å². The van der Waals surface area contributed by atoms with E-state index in [2.05, 4.69) is 10.3 Å². The van der Waals surface area contributed by atoms with Gasteiger partial charge >= 0.3 is 5.97 Å². The van der Waals surface area contributed by atoms with E-state index in [1.165, 1.54) is 18.5 Å². The summed E-state index contributed by atoms with van der Waals surface area (Å²) in [6.07, 6.45) is 2.56. The standard InChI is InChI=1S/C17H11ClN2O3/c18-14-5-6-15(11-4-2-1-3-10(11)14)20-16(21)13-9-19-8-7-12(13)17(22)23/h1-9H,(H,20,21)(H,22,23). The van der Waals surface area contributed by atoms with Gasteiger partial charge in [-0.25, -0.2) is 4.79 Å². The smallest absolute Gasteiger partial charge is 0.336 e. The molecular formula is C17H11ClN2O3. The van der Waals surface area contributed by atoms with Gasteiger partial charge in [0.2, 0.25) is 0 Å². The third-order valence-corrected chi connectivity index (χ3v) is 3.74. The molecule has 1 amide bonds. The number of hydrogen-bond acceptors (Lipinski definition) is 3. The highest BCUT2D eigenvalue weighted by molar-refractivity contribution is 6.36. The van der Waals surface area contributed by atoms with E-state index in [1.807, 2.05) is 24.3 Å². The first-order chi connectivity index (χ1) is 11.1. The number of aromatic carboxylic acids is 1. The van der Waals surface area contributed by atoms with Crippen LogP contribution in [0.1, 0.15) is 20.7 Å². The summed E-state index contributed by atoms with van der Waals surface area (Å²) >= 11 is 6.15. The highest BCUT2D eigenvalue weighted by Crippen LogP contribution is 2.30. The topological polar surface area (TPSA) is 79.3 Å². The molecule has 23 heavy (non-hydrogen) atoms. The van der Waals surface area contributed by atoms with E-state index in [1.54, 1.807) is 12.1 Å². The fourth-order valence-electron chi connectivity index (χ4n) is 2.32. The minimum absolute atomic E-state index is 0.000897. The molecule has 2 N–H and O–H groups in total. The summed E-state index contributed by atoms with van der Waals surface area (Å²) in [5, 5.41) is 14.0. The monoisotopic (exact) mass is 326 g/mol. The number of anilines is 1. The third kappa shape index (κ3) is 2.86. The number of fused-ring (bicyclic) bond motifs is 1. The molecule has 114 valence electrons. The second kappa shape index (κ2) is 6.06. The predicted molar refractivity (Wildman–Crippen MR) is 88.1 cm³/mol. The van der Waals surface area contributed by atoms with E-state index in [0.29, 0.717) is 10.7 Å². The van der Waals surface area contributed by atoms with Gasteiger partial charge in [-0.15, -0.1) is 0 Å². The summed E-state index contributed by atoms with van der Waals surface area (Å²) in [5.41, 5.74) is 0.449. The van der Waals surface area contributed by atoms with E-state index in [9.17, 15) is 9.59 Å². The molecule has 0 atom stereocenters. The number of carboxylic acids is 1. The summed E-state index contributed by atoms with van der Waals surface area (Å²) < 4.78 is 0. The third-order valence-electron chi connectivity index (χ3n) is 3.42. The molecular weight excluding hydrogens is 316 g/mol. The van der Waals surface area contributed by atoms with Gasteiger partial charge in [0.15, 0.2) is 0 Å². The molecule has 0 aliphatic heterocycles. The summed E-state index contributed by atoms with van der Waals surface area (Å²) in [7, 11) is 0. The van der Waals surface area contributed by atoms with Crippen molar-refractivity contribution < 1.29 is 14.7 Å². The van der Waals surface area contributed by atoms with E-state index >= 15 is 0 Å². The minimum Gasteiger partial charge on any atom is -0.478 e. The van der Waals surface area contributed by atoms with Gasteiger partial charge in [0, 0.05) is 33.9 Å². The number of aromatic nitrogens is 1. The normalized spacial score (nSPS) is 10.5. The molecule has 0 aliphatic rings. The summed E-state index contributed by atoms with van der Waals surface area (Å²) in [6, 6.07) is 12.0. The van der Waals surface area contributed by atoms with Crippen molar-refractivity contribution in [1.82, 2.24) is 4.98 Å². The van der Waals surface area contributed by atoms with Gasteiger partial charge in [0.05, 0.1) is 11.1 Å². The Morgan fingerprint density at radius 2 is 1.74 bits per heavy atom. The van der Waals surface area contributed by atoms with Gasteiger partial charge < -0.3 is 10.4 Å². The molecule has 6 heteroatoms. The zero-order valence-electron chi connectivity index (χ0n) is 11.8. The zero-order valence-corrected chi connectivity index (χ0v) is 12.5. The van der Waals surface area contributed by atoms with Crippen LogP contribution in [0.5, 0.6) is 0 Å². The van der Waals surface area contributed by atoms with Crippen molar-refractivity contribution in [1.29, 1.82) is 0 Å². The molecule has 0 aliphatic carbocycles. The lowest BCUT2D eigenvalue weighted by Crippen LogP contribution is -2.17. The van der Waals surface area contributed by atoms with Gasteiger partial charge in [-0.2, -0.15) is 0 Å². The van der Waals surface area contributed by atoms with Crippen LogP contribution in [-0.2, 0) is 0 Å². The zero-order chi connectivity index (χ0) is 16.4. The van der Waals surface area contributed by atoms with Crippen LogP contribution in [0.2, 0.25) is 5.02 Å². The Hall–Kier alpha value is -2.92. The number of rotatable bonds is 3. The maximum absolute atomic E-state index is 12.4. The number of pyridine rings is 1. The molecule has 2 aromatic carbocycles. The first-order valence-corrected chi connectivity index (χ1v) is 7.11. The number of amides is 1. The molecule has 0 unspecified atom stereocenters. The van der Waals surface area contributed by atoms with Crippen LogP contribution in [0.15, 0.2) is 54.9 Å². The summed E-state index contributed by atoms with van der Waals surface area (Å²) in [5.74, 6) is -1.72. The maximum atomic E-state index is 12.4. The van der Waals surface area contributed by atoms with Crippen LogP contribution in [0, 0.1) is 0 Å². The van der Waals surface area contributed by atoms with E-state index in [4.69, 9.17) is 16.7 Å². The van der Waals surface area contributed by atoms with E-state index in [0.717, 1.165) is 10.8 Å². The van der Waals surface area contributed by atoms with Crippen LogP contribution in [0.3, 0.4) is 0 Å². The van der Waals surface area contributed by atoms with Crippen LogP contribution < -0.4 is 5.32 Å². The van der Waals surface area contributed by atoms with Gasteiger partial charge in [-0.05, 0) is 18.2 Å². The number of carbonyl (C=O) groups is 2.